The molecule has 0 spiro atoms. The summed E-state index contributed by atoms with van der Waals surface area (Å²) in [6, 6.07) is 6.41. The number of benzene rings is 1. The fraction of sp³-hybridized carbons (Fsp3) is 0.200. The standard InChI is InChI=1S/C10H9O3/c1-2-13-10(12)9-6-4-3-5-8(9)7-11/h3-6H,2H2,1H3. The number of carbonyl (C=O) groups excluding carboxylic acids is 2. The van der Waals surface area contributed by atoms with Crippen LogP contribution in [0.2, 0.25) is 0 Å². The van der Waals surface area contributed by atoms with Crippen molar-refractivity contribution in [2.45, 2.75) is 6.92 Å². The van der Waals surface area contributed by atoms with Crippen LogP contribution in [0.3, 0.4) is 0 Å². The van der Waals surface area contributed by atoms with Gasteiger partial charge in [0.05, 0.1) is 12.2 Å². The highest BCUT2D eigenvalue weighted by Gasteiger charge is 2.10. The number of rotatable bonds is 3. The minimum atomic E-state index is -0.485. The van der Waals surface area contributed by atoms with Crippen molar-refractivity contribution in [2.24, 2.45) is 0 Å². The lowest BCUT2D eigenvalue weighted by Gasteiger charge is -2.02. The first-order valence-corrected chi connectivity index (χ1v) is 3.94. The summed E-state index contributed by atoms with van der Waals surface area (Å²) >= 11 is 0. The van der Waals surface area contributed by atoms with Crippen molar-refractivity contribution in [3.05, 3.63) is 35.4 Å². The van der Waals surface area contributed by atoms with Crippen molar-refractivity contribution in [1.82, 2.24) is 0 Å². The molecule has 0 N–H and O–H groups in total. The van der Waals surface area contributed by atoms with E-state index in [1.807, 2.05) is 0 Å². The second-order valence-electron chi connectivity index (χ2n) is 2.37. The summed E-state index contributed by atoms with van der Waals surface area (Å²) < 4.78 is 4.75. The predicted octanol–water partition coefficient (Wildman–Crippen LogP) is 1.32. The molecule has 13 heavy (non-hydrogen) atoms. The number of esters is 1. The lowest BCUT2D eigenvalue weighted by molar-refractivity contribution is 0.0526. The Bertz CT molecular complexity index is 318. The van der Waals surface area contributed by atoms with Gasteiger partial charge in [-0.25, -0.2) is 4.79 Å². The predicted molar refractivity (Wildman–Crippen MR) is 47.2 cm³/mol. The zero-order chi connectivity index (χ0) is 9.68. The van der Waals surface area contributed by atoms with Gasteiger partial charge in [0.2, 0.25) is 6.29 Å². The first-order valence-electron chi connectivity index (χ1n) is 3.94. The fourth-order valence-corrected chi connectivity index (χ4v) is 0.959. The van der Waals surface area contributed by atoms with E-state index in [0.717, 1.165) is 0 Å². The third-order valence-electron chi connectivity index (χ3n) is 1.53. The number of carbonyl (C=O) groups is 1. The second-order valence-corrected chi connectivity index (χ2v) is 2.37. The molecule has 0 aliphatic rings. The van der Waals surface area contributed by atoms with Gasteiger partial charge in [-0.2, -0.15) is 0 Å². The first-order chi connectivity index (χ1) is 6.29. The lowest BCUT2D eigenvalue weighted by Crippen LogP contribution is -2.07. The third kappa shape index (κ3) is 2.15. The molecule has 0 fully saturated rings. The van der Waals surface area contributed by atoms with Crippen LogP contribution in [0, 0.1) is 0 Å². The van der Waals surface area contributed by atoms with E-state index in [2.05, 4.69) is 0 Å². The monoisotopic (exact) mass is 177 g/mol. The molecule has 0 amide bonds. The molecule has 0 saturated carbocycles. The Morgan fingerprint density at radius 1 is 1.46 bits per heavy atom. The van der Waals surface area contributed by atoms with Crippen LogP contribution in [0.15, 0.2) is 24.3 Å². The van der Waals surface area contributed by atoms with E-state index in [9.17, 15) is 9.59 Å². The van der Waals surface area contributed by atoms with Gasteiger partial charge < -0.3 is 4.74 Å². The maximum absolute atomic E-state index is 11.2. The van der Waals surface area contributed by atoms with E-state index in [-0.39, 0.29) is 11.1 Å². The average molecular weight is 177 g/mol. The van der Waals surface area contributed by atoms with E-state index >= 15 is 0 Å². The van der Waals surface area contributed by atoms with Gasteiger partial charge in [-0.05, 0) is 13.0 Å². The molecule has 0 heterocycles. The Morgan fingerprint density at radius 2 is 2.15 bits per heavy atom. The molecule has 0 unspecified atom stereocenters. The summed E-state index contributed by atoms with van der Waals surface area (Å²) in [6.07, 6.45) is 1.68. The van der Waals surface area contributed by atoms with Gasteiger partial charge in [-0.1, -0.05) is 18.2 Å². The molecular weight excluding hydrogens is 168 g/mol. The number of hydrogen-bond acceptors (Lipinski definition) is 3. The molecule has 0 aliphatic carbocycles. The van der Waals surface area contributed by atoms with Crippen LogP contribution in [0.4, 0.5) is 0 Å². The van der Waals surface area contributed by atoms with Gasteiger partial charge in [-0.15, -0.1) is 0 Å². The maximum Gasteiger partial charge on any atom is 0.338 e. The van der Waals surface area contributed by atoms with E-state index in [1.165, 1.54) is 12.1 Å². The van der Waals surface area contributed by atoms with Crippen LogP contribution in [0.25, 0.3) is 0 Å². The van der Waals surface area contributed by atoms with Crippen molar-refractivity contribution in [3.63, 3.8) is 0 Å². The number of ether oxygens (including phenoxy) is 1. The SMILES string of the molecule is CCOC(=O)c1ccccc1[C]=O. The summed E-state index contributed by atoms with van der Waals surface area (Å²) in [7, 11) is 0. The van der Waals surface area contributed by atoms with Crippen LogP contribution in [0.1, 0.15) is 22.8 Å². The van der Waals surface area contributed by atoms with E-state index in [4.69, 9.17) is 4.74 Å². The van der Waals surface area contributed by atoms with Crippen molar-refractivity contribution in [2.75, 3.05) is 6.61 Å². The molecule has 1 rings (SSSR count). The molecule has 0 aliphatic heterocycles. The van der Waals surface area contributed by atoms with Crippen molar-refractivity contribution in [1.29, 1.82) is 0 Å². The molecule has 0 bridgehead atoms. The Hall–Kier alpha value is -1.64. The normalized spacial score (nSPS) is 9.31. The second kappa shape index (κ2) is 4.40. The van der Waals surface area contributed by atoms with Crippen molar-refractivity contribution >= 4 is 12.3 Å². The van der Waals surface area contributed by atoms with Crippen molar-refractivity contribution < 1.29 is 14.3 Å². The summed E-state index contributed by atoms with van der Waals surface area (Å²) in [4.78, 5) is 21.6. The summed E-state index contributed by atoms with van der Waals surface area (Å²) in [5.74, 6) is -0.485. The molecule has 0 aromatic heterocycles. The van der Waals surface area contributed by atoms with Gasteiger partial charge in [0, 0.05) is 5.56 Å². The highest BCUT2D eigenvalue weighted by molar-refractivity contribution is 5.98. The smallest absolute Gasteiger partial charge is 0.338 e. The molecule has 0 saturated heterocycles. The minimum Gasteiger partial charge on any atom is -0.462 e. The lowest BCUT2D eigenvalue weighted by atomic mass is 10.1. The highest BCUT2D eigenvalue weighted by atomic mass is 16.5. The fourth-order valence-electron chi connectivity index (χ4n) is 0.959. The van der Waals surface area contributed by atoms with Crippen LogP contribution >= 0.6 is 0 Å². The molecule has 1 aromatic rings. The van der Waals surface area contributed by atoms with Gasteiger partial charge in [0.15, 0.2) is 0 Å². The number of hydrogen-bond donors (Lipinski definition) is 0. The topological polar surface area (TPSA) is 43.4 Å². The molecular formula is C10H9O3. The van der Waals surface area contributed by atoms with E-state index < -0.39 is 5.97 Å². The quantitative estimate of drug-likeness (QED) is 0.654. The third-order valence-corrected chi connectivity index (χ3v) is 1.53. The minimum absolute atomic E-state index is 0.237. The molecule has 67 valence electrons. The van der Waals surface area contributed by atoms with E-state index in [0.29, 0.717) is 6.61 Å². The van der Waals surface area contributed by atoms with E-state index in [1.54, 1.807) is 25.3 Å². The van der Waals surface area contributed by atoms with Crippen LogP contribution in [-0.2, 0) is 9.53 Å². The molecule has 0 atom stereocenters. The van der Waals surface area contributed by atoms with Gasteiger partial charge in [0.25, 0.3) is 0 Å². The Kier molecular flexibility index (Phi) is 3.20. The first kappa shape index (κ1) is 9.45. The summed E-state index contributed by atoms with van der Waals surface area (Å²) in [6.45, 7) is 2.01. The zero-order valence-corrected chi connectivity index (χ0v) is 7.24. The Balaban J connectivity index is 2.98. The molecule has 1 radical (unpaired) electrons. The summed E-state index contributed by atoms with van der Waals surface area (Å²) in [5.41, 5.74) is 0.500. The van der Waals surface area contributed by atoms with Gasteiger partial charge >= 0.3 is 5.97 Å². The maximum atomic E-state index is 11.2. The molecule has 3 heteroatoms. The van der Waals surface area contributed by atoms with Crippen LogP contribution in [-0.4, -0.2) is 18.9 Å². The van der Waals surface area contributed by atoms with Crippen molar-refractivity contribution in [3.8, 4) is 0 Å². The largest absolute Gasteiger partial charge is 0.462 e. The Morgan fingerprint density at radius 3 is 2.77 bits per heavy atom. The average Bonchev–Trinajstić information content (AvgIpc) is 2.18. The van der Waals surface area contributed by atoms with Gasteiger partial charge in [0.1, 0.15) is 0 Å². The van der Waals surface area contributed by atoms with Crippen LogP contribution < -0.4 is 0 Å². The highest BCUT2D eigenvalue weighted by Crippen LogP contribution is 2.07. The molecule has 1 aromatic carbocycles. The Labute approximate surface area is 76.3 Å². The molecule has 3 nitrogen and oxygen atoms in total. The summed E-state index contributed by atoms with van der Waals surface area (Å²) in [5, 5.41) is 0. The van der Waals surface area contributed by atoms with Crippen LogP contribution in [0.5, 0.6) is 0 Å². The zero-order valence-electron chi connectivity index (χ0n) is 7.24. The van der Waals surface area contributed by atoms with Gasteiger partial charge in [-0.3, -0.25) is 4.79 Å².